The molecular weight excluding hydrogens is 195 g/mol. The molecule has 0 fully saturated rings. The van der Waals surface area contributed by atoms with Gasteiger partial charge >= 0.3 is 7.12 Å². The van der Waals surface area contributed by atoms with Crippen LogP contribution in [0.5, 0.6) is 0 Å². The minimum Gasteiger partial charge on any atom is -0.423 e. The maximum absolute atomic E-state index is 9.04. The summed E-state index contributed by atoms with van der Waals surface area (Å²) in [4.78, 5) is 1.28. The minimum atomic E-state index is -1.38. The average Bonchev–Trinajstić information content (AvgIpc) is 2.43. The van der Waals surface area contributed by atoms with Crippen LogP contribution in [-0.2, 0) is 0 Å². The lowest BCUT2D eigenvalue weighted by atomic mass is 9.80. The van der Waals surface area contributed by atoms with Crippen molar-refractivity contribution in [3.05, 3.63) is 28.6 Å². The number of fused-ring (bicyclic) bond motifs is 1. The summed E-state index contributed by atoms with van der Waals surface area (Å²) in [6.07, 6.45) is 0. The largest absolute Gasteiger partial charge is 0.488 e. The molecule has 2 rings (SSSR count). The smallest absolute Gasteiger partial charge is 0.423 e. The highest BCUT2D eigenvalue weighted by Crippen LogP contribution is 2.28. The molecule has 1 aromatic carbocycles. The third kappa shape index (κ3) is 1.45. The molecule has 72 valence electrons. The number of thiophene rings is 1. The lowest BCUT2D eigenvalue weighted by Crippen LogP contribution is -2.29. The second-order valence-corrected chi connectivity index (χ2v) is 4.67. The van der Waals surface area contributed by atoms with Crippen molar-refractivity contribution < 1.29 is 10.0 Å². The van der Waals surface area contributed by atoms with Crippen LogP contribution < -0.4 is 5.46 Å². The SMILES string of the molecule is Cc1sc2ccc(B(O)O)cc2c1C. The van der Waals surface area contributed by atoms with E-state index in [4.69, 9.17) is 10.0 Å². The first kappa shape index (κ1) is 9.71. The molecule has 0 saturated carbocycles. The Kier molecular flexibility index (Phi) is 2.35. The summed E-state index contributed by atoms with van der Waals surface area (Å²) in [5.41, 5.74) is 1.78. The molecule has 2 N–H and O–H groups in total. The zero-order chi connectivity index (χ0) is 10.3. The van der Waals surface area contributed by atoms with E-state index in [-0.39, 0.29) is 0 Å². The summed E-state index contributed by atoms with van der Waals surface area (Å²) < 4.78 is 1.20. The van der Waals surface area contributed by atoms with Gasteiger partial charge in [-0.15, -0.1) is 11.3 Å². The van der Waals surface area contributed by atoms with Gasteiger partial charge in [0.05, 0.1) is 0 Å². The van der Waals surface area contributed by atoms with E-state index in [9.17, 15) is 0 Å². The topological polar surface area (TPSA) is 40.5 Å². The second-order valence-electron chi connectivity index (χ2n) is 3.41. The summed E-state index contributed by atoms with van der Waals surface area (Å²) in [5, 5.41) is 19.2. The summed E-state index contributed by atoms with van der Waals surface area (Å²) in [6.45, 7) is 4.14. The van der Waals surface area contributed by atoms with Crippen LogP contribution in [0.15, 0.2) is 18.2 Å². The number of benzene rings is 1. The Morgan fingerprint density at radius 2 is 1.93 bits per heavy atom. The van der Waals surface area contributed by atoms with Gasteiger partial charge in [0.1, 0.15) is 0 Å². The van der Waals surface area contributed by atoms with Crippen LogP contribution in [-0.4, -0.2) is 17.2 Å². The molecule has 1 aromatic heterocycles. The molecule has 2 aromatic rings. The van der Waals surface area contributed by atoms with Crippen LogP contribution in [0.2, 0.25) is 0 Å². The third-order valence-corrected chi connectivity index (χ3v) is 3.69. The molecule has 1 heterocycles. The van der Waals surface area contributed by atoms with E-state index in [1.165, 1.54) is 15.1 Å². The van der Waals surface area contributed by atoms with Gasteiger partial charge in [-0.25, -0.2) is 0 Å². The van der Waals surface area contributed by atoms with E-state index >= 15 is 0 Å². The number of hydrogen-bond donors (Lipinski definition) is 2. The average molecular weight is 206 g/mol. The van der Waals surface area contributed by atoms with Gasteiger partial charge in [-0.1, -0.05) is 12.1 Å². The Morgan fingerprint density at radius 3 is 2.57 bits per heavy atom. The first-order chi connectivity index (χ1) is 6.59. The van der Waals surface area contributed by atoms with Crippen LogP contribution in [0.1, 0.15) is 10.4 Å². The first-order valence-corrected chi connectivity index (χ1v) is 5.27. The summed E-state index contributed by atoms with van der Waals surface area (Å²) >= 11 is 1.74. The Balaban J connectivity index is 2.69. The Hall–Kier alpha value is -0.835. The third-order valence-electron chi connectivity index (χ3n) is 2.50. The molecule has 14 heavy (non-hydrogen) atoms. The second kappa shape index (κ2) is 3.39. The lowest BCUT2D eigenvalue weighted by Gasteiger charge is -1.99. The molecule has 0 spiro atoms. The molecule has 0 amide bonds. The fraction of sp³-hybridized carbons (Fsp3) is 0.200. The van der Waals surface area contributed by atoms with Gasteiger partial charge in [-0.2, -0.15) is 0 Å². The standard InChI is InChI=1S/C10H11BO2S/c1-6-7(2)14-10-4-3-8(11(12)13)5-9(6)10/h3-5,12-13H,1-2H3. The molecule has 0 atom stereocenters. The van der Waals surface area contributed by atoms with E-state index in [0.29, 0.717) is 5.46 Å². The van der Waals surface area contributed by atoms with Gasteiger partial charge < -0.3 is 10.0 Å². The van der Waals surface area contributed by atoms with Gasteiger partial charge in [-0.3, -0.25) is 0 Å². The summed E-state index contributed by atoms with van der Waals surface area (Å²) in [7, 11) is -1.38. The van der Waals surface area contributed by atoms with Gasteiger partial charge in [0.2, 0.25) is 0 Å². The maximum atomic E-state index is 9.04. The van der Waals surface area contributed by atoms with Gasteiger partial charge in [0.15, 0.2) is 0 Å². The van der Waals surface area contributed by atoms with Crippen molar-refractivity contribution in [1.82, 2.24) is 0 Å². The molecule has 0 radical (unpaired) electrons. The van der Waals surface area contributed by atoms with Crippen LogP contribution in [0.25, 0.3) is 10.1 Å². The van der Waals surface area contributed by atoms with Gasteiger partial charge in [0, 0.05) is 9.58 Å². The number of aryl methyl sites for hydroxylation is 2. The highest BCUT2D eigenvalue weighted by Gasteiger charge is 2.13. The van der Waals surface area contributed by atoms with Crippen molar-refractivity contribution in [2.45, 2.75) is 13.8 Å². The van der Waals surface area contributed by atoms with E-state index in [0.717, 1.165) is 5.39 Å². The van der Waals surface area contributed by atoms with Crippen LogP contribution in [0.3, 0.4) is 0 Å². The summed E-state index contributed by atoms with van der Waals surface area (Å²) in [5.74, 6) is 0. The van der Waals surface area contributed by atoms with E-state index in [1.54, 1.807) is 17.4 Å². The fourth-order valence-corrected chi connectivity index (χ4v) is 2.57. The molecule has 0 bridgehead atoms. The normalized spacial score (nSPS) is 10.9. The Morgan fingerprint density at radius 1 is 1.21 bits per heavy atom. The molecule has 0 aliphatic carbocycles. The van der Waals surface area contributed by atoms with Crippen molar-refractivity contribution in [2.24, 2.45) is 0 Å². The molecule has 0 saturated heterocycles. The molecule has 4 heteroatoms. The minimum absolute atomic E-state index is 0.554. The maximum Gasteiger partial charge on any atom is 0.488 e. The highest BCUT2D eigenvalue weighted by molar-refractivity contribution is 7.19. The van der Waals surface area contributed by atoms with E-state index in [1.807, 2.05) is 12.1 Å². The van der Waals surface area contributed by atoms with Crippen molar-refractivity contribution in [2.75, 3.05) is 0 Å². The van der Waals surface area contributed by atoms with Crippen LogP contribution in [0, 0.1) is 13.8 Å². The van der Waals surface area contributed by atoms with Gasteiger partial charge in [-0.05, 0) is 36.3 Å². The quantitative estimate of drug-likeness (QED) is 0.688. The molecular formula is C10H11BO2S. The fourth-order valence-electron chi connectivity index (χ4n) is 1.52. The molecule has 0 aliphatic heterocycles. The van der Waals surface area contributed by atoms with E-state index in [2.05, 4.69) is 13.8 Å². The van der Waals surface area contributed by atoms with E-state index < -0.39 is 7.12 Å². The van der Waals surface area contributed by atoms with Crippen molar-refractivity contribution in [1.29, 1.82) is 0 Å². The number of hydrogen-bond acceptors (Lipinski definition) is 3. The Labute approximate surface area is 87.0 Å². The van der Waals surface area contributed by atoms with Crippen molar-refractivity contribution >= 4 is 34.0 Å². The molecule has 0 unspecified atom stereocenters. The number of rotatable bonds is 1. The summed E-state index contributed by atoms with van der Waals surface area (Å²) in [6, 6.07) is 5.54. The predicted octanol–water partition coefficient (Wildman–Crippen LogP) is 1.20. The van der Waals surface area contributed by atoms with Crippen LogP contribution in [0.4, 0.5) is 0 Å². The monoisotopic (exact) mass is 206 g/mol. The predicted molar refractivity (Wildman–Crippen MR) is 61.1 cm³/mol. The van der Waals surface area contributed by atoms with Crippen LogP contribution >= 0.6 is 11.3 Å². The molecule has 0 aliphatic rings. The molecule has 2 nitrogen and oxygen atoms in total. The zero-order valence-corrected chi connectivity index (χ0v) is 8.93. The zero-order valence-electron chi connectivity index (χ0n) is 8.11. The lowest BCUT2D eigenvalue weighted by molar-refractivity contribution is 0.426. The van der Waals surface area contributed by atoms with Gasteiger partial charge in [0.25, 0.3) is 0 Å². The van der Waals surface area contributed by atoms with Crippen molar-refractivity contribution in [3.63, 3.8) is 0 Å². The Bertz CT molecular complexity index is 476. The highest BCUT2D eigenvalue weighted by atomic mass is 32.1. The van der Waals surface area contributed by atoms with Crippen molar-refractivity contribution in [3.8, 4) is 0 Å². The first-order valence-electron chi connectivity index (χ1n) is 4.45.